The third-order valence-corrected chi connectivity index (χ3v) is 3.39. The number of carbonyl (C=O) groups is 1. The Bertz CT molecular complexity index is 640. The van der Waals surface area contributed by atoms with Crippen molar-refractivity contribution in [1.82, 2.24) is 9.78 Å². The highest BCUT2D eigenvalue weighted by molar-refractivity contribution is 6.30. The van der Waals surface area contributed by atoms with Crippen LogP contribution in [0.2, 0.25) is 5.02 Å². The molecule has 0 aliphatic rings. The number of hydrogen-bond acceptors (Lipinski definition) is 3. The van der Waals surface area contributed by atoms with Crippen LogP contribution in [0.5, 0.6) is 5.75 Å². The monoisotopic (exact) mass is 307 g/mol. The highest BCUT2D eigenvalue weighted by Crippen LogP contribution is 2.26. The number of amides is 1. The lowest BCUT2D eigenvalue weighted by Crippen LogP contribution is -2.26. The number of hydrogen-bond donors (Lipinski definition) is 1. The molecule has 1 atom stereocenters. The van der Waals surface area contributed by atoms with Crippen LogP contribution >= 0.6 is 11.6 Å². The van der Waals surface area contributed by atoms with Crippen molar-refractivity contribution in [3.63, 3.8) is 0 Å². The summed E-state index contributed by atoms with van der Waals surface area (Å²) in [5.74, 6) is 0.475. The smallest absolute Gasteiger partial charge is 0.249 e. The molecule has 2 aromatic rings. The molecule has 1 aromatic carbocycles. The van der Waals surface area contributed by atoms with Gasteiger partial charge in [-0.1, -0.05) is 24.6 Å². The first kappa shape index (κ1) is 15.4. The number of aromatic nitrogens is 2. The van der Waals surface area contributed by atoms with Gasteiger partial charge in [0.25, 0.3) is 0 Å². The molecular weight excluding hydrogens is 290 g/mol. The second kappa shape index (κ2) is 6.63. The zero-order valence-electron chi connectivity index (χ0n) is 12.3. The van der Waals surface area contributed by atoms with Crippen LogP contribution in [0.25, 0.3) is 0 Å². The first-order valence-corrected chi connectivity index (χ1v) is 7.08. The maximum Gasteiger partial charge on any atom is 0.249 e. The van der Waals surface area contributed by atoms with Crippen LogP contribution in [0.4, 0.5) is 5.69 Å². The summed E-state index contributed by atoms with van der Waals surface area (Å²) < 4.78 is 6.84. The summed E-state index contributed by atoms with van der Waals surface area (Å²) in [7, 11) is 1.57. The van der Waals surface area contributed by atoms with Gasteiger partial charge in [0.1, 0.15) is 11.8 Å². The number of anilines is 1. The fraction of sp³-hybridized carbons (Fsp3) is 0.333. The average molecular weight is 308 g/mol. The summed E-state index contributed by atoms with van der Waals surface area (Å²) in [5.41, 5.74) is 1.69. The second-order valence-corrected chi connectivity index (χ2v) is 5.19. The van der Waals surface area contributed by atoms with Crippen LogP contribution in [0.1, 0.15) is 24.9 Å². The quantitative estimate of drug-likeness (QED) is 0.920. The normalized spacial score (nSPS) is 12.0. The molecule has 1 N–H and O–H groups in total. The van der Waals surface area contributed by atoms with Crippen LogP contribution in [-0.4, -0.2) is 22.8 Å². The van der Waals surface area contributed by atoms with Gasteiger partial charge >= 0.3 is 0 Å². The standard InChI is InChI=1S/C15H18ClN3O2/c1-4-13(19-9-11(16)8-17-19)15(20)18-12-7-10(2)5-6-14(12)21-3/h5-9,13H,4H2,1-3H3,(H,18,20). The summed E-state index contributed by atoms with van der Waals surface area (Å²) in [5, 5.41) is 7.50. The Morgan fingerprint density at radius 2 is 2.29 bits per heavy atom. The molecule has 0 spiro atoms. The van der Waals surface area contributed by atoms with E-state index in [0.29, 0.717) is 22.9 Å². The SMILES string of the molecule is CCC(C(=O)Nc1cc(C)ccc1OC)n1cc(Cl)cn1. The predicted molar refractivity (Wildman–Crippen MR) is 82.9 cm³/mol. The van der Waals surface area contributed by atoms with Crippen LogP contribution in [-0.2, 0) is 4.79 Å². The molecule has 21 heavy (non-hydrogen) atoms. The lowest BCUT2D eigenvalue weighted by molar-refractivity contribution is -0.119. The lowest BCUT2D eigenvalue weighted by atomic mass is 10.1. The Labute approximate surface area is 128 Å². The molecule has 1 aromatic heterocycles. The minimum absolute atomic E-state index is 0.152. The predicted octanol–water partition coefficient (Wildman–Crippen LogP) is 3.44. The number of ether oxygens (including phenoxy) is 1. The molecule has 5 nitrogen and oxygen atoms in total. The molecule has 1 heterocycles. The molecule has 6 heteroatoms. The summed E-state index contributed by atoms with van der Waals surface area (Å²) >= 11 is 5.86. The van der Waals surface area contributed by atoms with Gasteiger partial charge in [0, 0.05) is 6.20 Å². The fourth-order valence-electron chi connectivity index (χ4n) is 2.11. The van der Waals surface area contributed by atoms with E-state index in [4.69, 9.17) is 16.3 Å². The number of halogens is 1. The van der Waals surface area contributed by atoms with Crippen molar-refractivity contribution in [3.05, 3.63) is 41.2 Å². The van der Waals surface area contributed by atoms with Gasteiger partial charge in [0.15, 0.2) is 0 Å². The second-order valence-electron chi connectivity index (χ2n) is 4.76. The van der Waals surface area contributed by atoms with E-state index < -0.39 is 6.04 Å². The number of rotatable bonds is 5. The van der Waals surface area contributed by atoms with Crippen molar-refractivity contribution in [1.29, 1.82) is 0 Å². The molecule has 0 saturated heterocycles. The molecule has 0 saturated carbocycles. The van der Waals surface area contributed by atoms with Gasteiger partial charge in [0.05, 0.1) is 24.0 Å². The third-order valence-electron chi connectivity index (χ3n) is 3.19. The van der Waals surface area contributed by atoms with Gasteiger partial charge in [-0.3, -0.25) is 9.48 Å². The van der Waals surface area contributed by atoms with Crippen molar-refractivity contribution >= 4 is 23.2 Å². The van der Waals surface area contributed by atoms with E-state index >= 15 is 0 Å². The zero-order valence-corrected chi connectivity index (χ0v) is 13.0. The van der Waals surface area contributed by atoms with Crippen molar-refractivity contribution in [2.45, 2.75) is 26.3 Å². The van der Waals surface area contributed by atoms with Crippen LogP contribution < -0.4 is 10.1 Å². The zero-order chi connectivity index (χ0) is 15.4. The van der Waals surface area contributed by atoms with E-state index in [1.165, 1.54) is 6.20 Å². The van der Waals surface area contributed by atoms with Crippen molar-refractivity contribution in [2.24, 2.45) is 0 Å². The molecule has 2 rings (SSSR count). The average Bonchev–Trinajstić information content (AvgIpc) is 2.86. The van der Waals surface area contributed by atoms with Crippen molar-refractivity contribution < 1.29 is 9.53 Å². The summed E-state index contributed by atoms with van der Waals surface area (Å²) in [6.45, 7) is 3.88. The highest BCUT2D eigenvalue weighted by atomic mass is 35.5. The molecular formula is C15H18ClN3O2. The number of carbonyl (C=O) groups excluding carboxylic acids is 1. The number of nitrogens with one attached hydrogen (secondary N) is 1. The Morgan fingerprint density at radius 3 is 2.86 bits per heavy atom. The fourth-order valence-corrected chi connectivity index (χ4v) is 2.26. The molecule has 1 amide bonds. The van der Waals surface area contributed by atoms with Crippen molar-refractivity contribution in [2.75, 3.05) is 12.4 Å². The van der Waals surface area contributed by atoms with Gasteiger partial charge in [-0.05, 0) is 31.0 Å². The largest absolute Gasteiger partial charge is 0.495 e. The van der Waals surface area contributed by atoms with Gasteiger partial charge in [-0.15, -0.1) is 0 Å². The Morgan fingerprint density at radius 1 is 1.52 bits per heavy atom. The third kappa shape index (κ3) is 3.55. The summed E-state index contributed by atoms with van der Waals surface area (Å²) in [4.78, 5) is 12.5. The van der Waals surface area contributed by atoms with E-state index in [1.807, 2.05) is 32.0 Å². The van der Waals surface area contributed by atoms with Crippen LogP contribution in [0.15, 0.2) is 30.6 Å². The van der Waals surface area contributed by atoms with Crippen molar-refractivity contribution in [3.8, 4) is 5.75 Å². The minimum atomic E-state index is -0.414. The lowest BCUT2D eigenvalue weighted by Gasteiger charge is -2.17. The molecule has 0 radical (unpaired) electrons. The molecule has 0 fully saturated rings. The number of benzene rings is 1. The maximum absolute atomic E-state index is 12.5. The van der Waals surface area contributed by atoms with Gasteiger partial charge < -0.3 is 10.1 Å². The first-order chi connectivity index (χ1) is 10.0. The summed E-state index contributed by atoms with van der Waals surface area (Å²) in [6, 6.07) is 5.22. The van der Waals surface area contributed by atoms with E-state index in [0.717, 1.165) is 5.56 Å². The Kier molecular flexibility index (Phi) is 4.85. The van der Waals surface area contributed by atoms with E-state index in [-0.39, 0.29) is 5.91 Å². The van der Waals surface area contributed by atoms with E-state index in [9.17, 15) is 4.79 Å². The number of aryl methyl sites for hydroxylation is 1. The topological polar surface area (TPSA) is 56.1 Å². The van der Waals surface area contributed by atoms with E-state index in [2.05, 4.69) is 10.4 Å². The maximum atomic E-state index is 12.5. The molecule has 112 valence electrons. The van der Waals surface area contributed by atoms with Gasteiger partial charge in [0.2, 0.25) is 5.91 Å². The molecule has 0 aliphatic heterocycles. The van der Waals surface area contributed by atoms with Crippen LogP contribution in [0, 0.1) is 6.92 Å². The van der Waals surface area contributed by atoms with Crippen LogP contribution in [0.3, 0.4) is 0 Å². The Hall–Kier alpha value is -2.01. The molecule has 0 bridgehead atoms. The molecule has 1 unspecified atom stereocenters. The van der Waals surface area contributed by atoms with E-state index in [1.54, 1.807) is 18.0 Å². The number of nitrogens with zero attached hydrogens (tertiary/aromatic N) is 2. The van der Waals surface area contributed by atoms with Gasteiger partial charge in [-0.2, -0.15) is 5.10 Å². The Balaban J connectivity index is 2.22. The molecule has 0 aliphatic carbocycles. The summed E-state index contributed by atoms with van der Waals surface area (Å²) in [6.07, 6.45) is 3.77. The van der Waals surface area contributed by atoms with Gasteiger partial charge in [-0.25, -0.2) is 0 Å². The first-order valence-electron chi connectivity index (χ1n) is 6.70. The highest BCUT2D eigenvalue weighted by Gasteiger charge is 2.20. The minimum Gasteiger partial charge on any atom is -0.495 e. The number of methoxy groups -OCH3 is 1.